The van der Waals surface area contributed by atoms with Crippen LogP contribution in [0.3, 0.4) is 0 Å². The van der Waals surface area contributed by atoms with Gasteiger partial charge in [0.2, 0.25) is 0 Å². The van der Waals surface area contributed by atoms with Crippen LogP contribution >= 0.6 is 0 Å². The lowest BCUT2D eigenvalue weighted by atomic mass is 9.91. The van der Waals surface area contributed by atoms with Crippen molar-refractivity contribution in [2.24, 2.45) is 11.8 Å². The highest BCUT2D eigenvalue weighted by Gasteiger charge is 2.27. The summed E-state index contributed by atoms with van der Waals surface area (Å²) in [6.45, 7) is 27.7. The van der Waals surface area contributed by atoms with Crippen molar-refractivity contribution in [3.05, 3.63) is 84.8 Å². The summed E-state index contributed by atoms with van der Waals surface area (Å²) < 4.78 is 7.73. The van der Waals surface area contributed by atoms with Crippen molar-refractivity contribution in [3.8, 4) is 6.07 Å². The van der Waals surface area contributed by atoms with Gasteiger partial charge in [-0.25, -0.2) is 9.78 Å². The molecule has 1 aliphatic rings. The molecule has 6 nitrogen and oxygen atoms in total. The second-order valence-electron chi connectivity index (χ2n) is 13.2. The van der Waals surface area contributed by atoms with Gasteiger partial charge in [0.15, 0.2) is 0 Å². The maximum atomic E-state index is 13.0. The second kappa shape index (κ2) is 15.1. The van der Waals surface area contributed by atoms with Crippen molar-refractivity contribution in [3.63, 3.8) is 0 Å². The molecular weight excluding hydrogens is 544 g/mol. The van der Waals surface area contributed by atoms with E-state index >= 15 is 0 Å². The summed E-state index contributed by atoms with van der Waals surface area (Å²) in [5.41, 5.74) is 7.08. The van der Waals surface area contributed by atoms with Crippen LogP contribution in [0.5, 0.6) is 0 Å². The Morgan fingerprint density at radius 1 is 1.30 bits per heavy atom. The standard InChI is InChI=1S/C38H50N4O2/c1-11-15-30(22-39)21-32(13-3)42-25-33(31(12-2)20-29-17-18-29)35-34(28(7)23-40-36(35)42)27(6)16-14-19-41(24-26(4)5)37(43)44-38(8,9)10/h11-13,15,21,23,25-26,29H,1,3,6,14,16-20,24H2,2,4-5,7-10H3/b30-15+,31-12-,32-21+. The molecule has 2 heterocycles. The molecule has 2 aromatic heterocycles. The Kier molecular flexibility index (Phi) is 11.8. The SMILES string of the molecule is C=C/C=C(C#N)\C=C(/C=C)n1cc(/C(=C\C)CC2CC2)c2c(C(=C)CCCN(CC(C)C)C(=O)OC(C)(C)C)c(C)cnc21. The van der Waals surface area contributed by atoms with E-state index < -0.39 is 5.60 Å². The molecule has 1 aliphatic carbocycles. The van der Waals surface area contributed by atoms with E-state index in [1.165, 1.54) is 18.4 Å². The zero-order valence-corrected chi connectivity index (χ0v) is 27.9. The molecule has 0 aromatic carbocycles. The van der Waals surface area contributed by atoms with Gasteiger partial charge in [-0.2, -0.15) is 5.26 Å². The number of pyridine rings is 1. The third-order valence-electron chi connectivity index (χ3n) is 7.62. The second-order valence-corrected chi connectivity index (χ2v) is 13.2. The minimum Gasteiger partial charge on any atom is -0.444 e. The first-order chi connectivity index (χ1) is 20.8. The van der Waals surface area contributed by atoms with Gasteiger partial charge < -0.3 is 14.2 Å². The first kappa shape index (κ1) is 34.4. The summed E-state index contributed by atoms with van der Waals surface area (Å²) in [5.74, 6) is 1.04. The highest BCUT2D eigenvalue weighted by molar-refractivity contribution is 6.01. The van der Waals surface area contributed by atoms with E-state index in [9.17, 15) is 10.1 Å². The number of aromatic nitrogens is 2. The lowest BCUT2D eigenvalue weighted by Gasteiger charge is -2.28. The molecular formula is C38H50N4O2. The molecule has 0 atom stereocenters. The lowest BCUT2D eigenvalue weighted by molar-refractivity contribution is 0.0227. The Labute approximate surface area is 264 Å². The van der Waals surface area contributed by atoms with Crippen LogP contribution < -0.4 is 0 Å². The van der Waals surface area contributed by atoms with E-state index in [4.69, 9.17) is 9.72 Å². The van der Waals surface area contributed by atoms with Crippen LogP contribution in [0.4, 0.5) is 4.79 Å². The third-order valence-corrected chi connectivity index (χ3v) is 7.62. The van der Waals surface area contributed by atoms with Crippen LogP contribution in [0.25, 0.3) is 27.9 Å². The molecule has 0 saturated heterocycles. The van der Waals surface area contributed by atoms with Gasteiger partial charge in [0, 0.05) is 42.1 Å². The lowest BCUT2D eigenvalue weighted by Crippen LogP contribution is -2.39. The Hall–Kier alpha value is -4.11. The normalized spacial score (nSPS) is 14.5. The fraction of sp³-hybridized carbons (Fsp3) is 0.447. The number of carbonyl (C=O) groups excluding carboxylic acids is 1. The number of nitrogens with zero attached hydrogens (tertiary/aromatic N) is 4. The molecule has 44 heavy (non-hydrogen) atoms. The van der Waals surface area contributed by atoms with E-state index in [0.717, 1.165) is 58.3 Å². The van der Waals surface area contributed by atoms with Gasteiger partial charge in [-0.05, 0) is 119 Å². The molecule has 0 N–H and O–H groups in total. The monoisotopic (exact) mass is 594 g/mol. The third kappa shape index (κ3) is 8.95. The van der Waals surface area contributed by atoms with Gasteiger partial charge in [-0.15, -0.1) is 0 Å². The van der Waals surface area contributed by atoms with Crippen LogP contribution in [0.1, 0.15) is 90.3 Å². The zero-order chi connectivity index (χ0) is 32.6. The van der Waals surface area contributed by atoms with Crippen molar-refractivity contribution in [1.82, 2.24) is 14.5 Å². The average molecular weight is 595 g/mol. The number of nitriles is 1. The van der Waals surface area contributed by atoms with Crippen LogP contribution in [0.2, 0.25) is 0 Å². The Morgan fingerprint density at radius 2 is 2.00 bits per heavy atom. The molecule has 1 saturated carbocycles. The maximum Gasteiger partial charge on any atom is 0.410 e. The van der Waals surface area contributed by atoms with Gasteiger partial charge in [-0.3, -0.25) is 0 Å². The largest absolute Gasteiger partial charge is 0.444 e. The highest BCUT2D eigenvalue weighted by atomic mass is 16.6. The average Bonchev–Trinajstić information content (AvgIpc) is 3.70. The fourth-order valence-electron chi connectivity index (χ4n) is 5.46. The topological polar surface area (TPSA) is 71.2 Å². The summed E-state index contributed by atoms with van der Waals surface area (Å²) in [4.78, 5) is 19.7. The molecule has 0 radical (unpaired) electrons. The Balaban J connectivity index is 2.07. The summed E-state index contributed by atoms with van der Waals surface area (Å²) in [6.07, 6.45) is 17.8. The van der Waals surface area contributed by atoms with Crippen LogP contribution in [0, 0.1) is 30.1 Å². The van der Waals surface area contributed by atoms with Gasteiger partial charge in [0.05, 0.1) is 11.6 Å². The minimum absolute atomic E-state index is 0.276. The van der Waals surface area contributed by atoms with Crippen molar-refractivity contribution in [2.75, 3.05) is 13.1 Å². The van der Waals surface area contributed by atoms with Gasteiger partial charge in [0.25, 0.3) is 0 Å². The highest BCUT2D eigenvalue weighted by Crippen LogP contribution is 2.43. The van der Waals surface area contributed by atoms with E-state index in [-0.39, 0.29) is 6.09 Å². The Morgan fingerprint density at radius 3 is 2.55 bits per heavy atom. The molecule has 6 heteroatoms. The summed E-state index contributed by atoms with van der Waals surface area (Å²) in [6, 6.07) is 2.23. The van der Waals surface area contributed by atoms with Gasteiger partial charge in [-0.1, -0.05) is 45.7 Å². The quantitative estimate of drug-likeness (QED) is 0.161. The number of amides is 1. The number of hydrogen-bond acceptors (Lipinski definition) is 4. The molecule has 0 bridgehead atoms. The van der Waals surface area contributed by atoms with Crippen LogP contribution in [-0.4, -0.2) is 39.2 Å². The number of allylic oxidation sites excluding steroid dienone is 9. The van der Waals surface area contributed by atoms with Gasteiger partial charge in [0.1, 0.15) is 11.2 Å². The first-order valence-electron chi connectivity index (χ1n) is 15.7. The van der Waals surface area contributed by atoms with E-state index in [1.54, 1.807) is 18.2 Å². The van der Waals surface area contributed by atoms with Crippen molar-refractivity contribution in [1.29, 1.82) is 5.26 Å². The number of aryl methyl sites for hydroxylation is 1. The molecule has 234 valence electrons. The van der Waals surface area contributed by atoms with E-state index in [0.29, 0.717) is 30.5 Å². The molecule has 1 amide bonds. The number of fused-ring (bicyclic) bond motifs is 1. The van der Waals surface area contributed by atoms with Crippen molar-refractivity contribution >= 4 is 34.0 Å². The molecule has 0 spiro atoms. The molecule has 3 rings (SSSR count). The van der Waals surface area contributed by atoms with E-state index in [2.05, 4.69) is 65.8 Å². The number of ether oxygens (including phenoxy) is 1. The smallest absolute Gasteiger partial charge is 0.410 e. The van der Waals surface area contributed by atoms with Crippen molar-refractivity contribution < 1.29 is 9.53 Å². The molecule has 0 aliphatic heterocycles. The zero-order valence-electron chi connectivity index (χ0n) is 27.9. The summed E-state index contributed by atoms with van der Waals surface area (Å²) in [7, 11) is 0. The van der Waals surface area contributed by atoms with Crippen LogP contribution in [-0.2, 0) is 4.74 Å². The number of carbonyl (C=O) groups is 1. The number of rotatable bonds is 14. The van der Waals surface area contributed by atoms with Crippen molar-refractivity contribution in [2.45, 2.75) is 86.2 Å². The fourth-order valence-corrected chi connectivity index (χ4v) is 5.46. The predicted molar refractivity (Wildman–Crippen MR) is 185 cm³/mol. The summed E-state index contributed by atoms with van der Waals surface area (Å²) in [5, 5.41) is 10.8. The molecule has 0 unspecified atom stereocenters. The first-order valence-corrected chi connectivity index (χ1v) is 15.7. The maximum absolute atomic E-state index is 13.0. The minimum atomic E-state index is -0.543. The molecule has 2 aromatic rings. The van der Waals surface area contributed by atoms with Gasteiger partial charge >= 0.3 is 6.09 Å². The summed E-state index contributed by atoms with van der Waals surface area (Å²) >= 11 is 0. The number of hydrogen-bond donors (Lipinski definition) is 0. The molecule has 1 fully saturated rings. The Bertz CT molecular complexity index is 1530. The predicted octanol–water partition coefficient (Wildman–Crippen LogP) is 9.90. The van der Waals surface area contributed by atoms with Crippen LogP contribution in [0.15, 0.2) is 68.1 Å². The van der Waals surface area contributed by atoms with E-state index in [1.807, 2.05) is 42.5 Å².